The second-order valence-corrected chi connectivity index (χ2v) is 6.17. The minimum absolute atomic E-state index is 0.0753. The first kappa shape index (κ1) is 12.9. The van der Waals surface area contributed by atoms with Crippen LogP contribution in [0, 0.1) is 0 Å². The normalized spacial score (nSPS) is 17.1. The molecule has 0 unspecified atom stereocenters. The summed E-state index contributed by atoms with van der Waals surface area (Å²) in [6.07, 6.45) is 10.00. The Hall–Kier alpha value is -1.14. The van der Waals surface area contributed by atoms with E-state index in [1.54, 1.807) is 11.0 Å². The van der Waals surface area contributed by atoms with Crippen molar-refractivity contribution in [3.05, 3.63) is 12.5 Å². The summed E-state index contributed by atoms with van der Waals surface area (Å²) in [5.41, 5.74) is 0.822. The van der Waals surface area contributed by atoms with E-state index in [4.69, 9.17) is 5.11 Å². The SMILES string of the molecule is OCCn1ncc2c(SC3CCCCC3)ncnc21. The lowest BCUT2D eigenvalue weighted by atomic mass is 10.0. The lowest BCUT2D eigenvalue weighted by Gasteiger charge is -2.20. The van der Waals surface area contributed by atoms with E-state index in [0.717, 1.165) is 16.1 Å². The van der Waals surface area contributed by atoms with Crippen LogP contribution in [0.2, 0.25) is 0 Å². The molecule has 2 aromatic heterocycles. The van der Waals surface area contributed by atoms with Gasteiger partial charge in [0.05, 0.1) is 24.7 Å². The summed E-state index contributed by atoms with van der Waals surface area (Å²) in [6, 6.07) is 0. The largest absolute Gasteiger partial charge is 0.394 e. The van der Waals surface area contributed by atoms with Crippen molar-refractivity contribution < 1.29 is 5.11 Å². The number of aliphatic hydroxyl groups is 1. The van der Waals surface area contributed by atoms with Gasteiger partial charge >= 0.3 is 0 Å². The monoisotopic (exact) mass is 278 g/mol. The molecule has 0 saturated heterocycles. The maximum absolute atomic E-state index is 9.02. The number of hydrogen-bond acceptors (Lipinski definition) is 5. The molecule has 0 radical (unpaired) electrons. The quantitative estimate of drug-likeness (QED) is 0.869. The van der Waals surface area contributed by atoms with E-state index >= 15 is 0 Å². The summed E-state index contributed by atoms with van der Waals surface area (Å²) in [7, 11) is 0. The predicted molar refractivity (Wildman–Crippen MR) is 75.1 cm³/mol. The molecule has 1 aliphatic carbocycles. The van der Waals surface area contributed by atoms with Crippen LogP contribution in [-0.2, 0) is 6.54 Å². The molecule has 0 bridgehead atoms. The van der Waals surface area contributed by atoms with Gasteiger partial charge in [0.1, 0.15) is 11.4 Å². The molecule has 0 amide bonds. The standard InChI is InChI=1S/C13H18N4OS/c18-7-6-17-12-11(8-16-17)13(15-9-14-12)19-10-4-2-1-3-5-10/h8-10,18H,1-7H2. The summed E-state index contributed by atoms with van der Waals surface area (Å²) >= 11 is 1.86. The van der Waals surface area contributed by atoms with Gasteiger partial charge in [-0.05, 0) is 12.8 Å². The van der Waals surface area contributed by atoms with Gasteiger partial charge in [-0.15, -0.1) is 11.8 Å². The highest BCUT2D eigenvalue weighted by molar-refractivity contribution is 8.00. The van der Waals surface area contributed by atoms with E-state index in [1.165, 1.54) is 32.1 Å². The van der Waals surface area contributed by atoms with Crippen molar-refractivity contribution in [3.8, 4) is 0 Å². The number of nitrogens with zero attached hydrogens (tertiary/aromatic N) is 4. The molecule has 1 saturated carbocycles. The van der Waals surface area contributed by atoms with E-state index < -0.39 is 0 Å². The molecule has 6 heteroatoms. The molecule has 0 spiro atoms. The van der Waals surface area contributed by atoms with Crippen molar-refractivity contribution >= 4 is 22.8 Å². The van der Waals surface area contributed by atoms with Gasteiger partial charge in [0.2, 0.25) is 0 Å². The molecule has 1 fully saturated rings. The molecular weight excluding hydrogens is 260 g/mol. The van der Waals surface area contributed by atoms with Crippen LogP contribution in [0.15, 0.2) is 17.6 Å². The minimum atomic E-state index is 0.0753. The third-order valence-electron chi connectivity index (χ3n) is 3.54. The van der Waals surface area contributed by atoms with Crippen LogP contribution in [0.3, 0.4) is 0 Å². The van der Waals surface area contributed by atoms with Crippen molar-refractivity contribution in [2.45, 2.75) is 48.9 Å². The maximum Gasteiger partial charge on any atom is 0.162 e. The summed E-state index contributed by atoms with van der Waals surface area (Å²) in [6.45, 7) is 0.555. The van der Waals surface area contributed by atoms with Gasteiger partial charge < -0.3 is 5.11 Å². The predicted octanol–water partition coefficient (Wildman–Crippen LogP) is 2.24. The van der Waals surface area contributed by atoms with Gasteiger partial charge in [-0.2, -0.15) is 5.10 Å². The van der Waals surface area contributed by atoms with Crippen LogP contribution in [0.4, 0.5) is 0 Å². The lowest BCUT2D eigenvalue weighted by Crippen LogP contribution is -2.08. The molecule has 1 aliphatic rings. The summed E-state index contributed by atoms with van der Waals surface area (Å²) < 4.78 is 1.74. The van der Waals surface area contributed by atoms with Gasteiger partial charge in [-0.1, -0.05) is 19.3 Å². The average Bonchev–Trinajstić information content (AvgIpc) is 2.85. The number of fused-ring (bicyclic) bond motifs is 1. The first-order valence-corrected chi connectivity index (χ1v) is 7.70. The summed E-state index contributed by atoms with van der Waals surface area (Å²) in [5, 5.41) is 16.0. The Balaban J connectivity index is 1.86. The third-order valence-corrected chi connectivity index (χ3v) is 4.89. The van der Waals surface area contributed by atoms with Crippen molar-refractivity contribution in [3.63, 3.8) is 0 Å². The fraction of sp³-hybridized carbons (Fsp3) is 0.615. The lowest BCUT2D eigenvalue weighted by molar-refractivity contribution is 0.271. The molecule has 0 atom stereocenters. The highest BCUT2D eigenvalue weighted by atomic mass is 32.2. The van der Waals surface area contributed by atoms with Gasteiger partial charge in [0, 0.05) is 5.25 Å². The van der Waals surface area contributed by atoms with Gasteiger partial charge in [-0.3, -0.25) is 0 Å². The van der Waals surface area contributed by atoms with Gasteiger partial charge in [0.25, 0.3) is 0 Å². The van der Waals surface area contributed by atoms with Crippen LogP contribution in [-0.4, -0.2) is 36.7 Å². The van der Waals surface area contributed by atoms with Crippen molar-refractivity contribution in [2.75, 3.05) is 6.61 Å². The molecular formula is C13H18N4OS. The summed E-state index contributed by atoms with van der Waals surface area (Å²) in [5.74, 6) is 0. The Bertz CT molecular complexity index is 551. The number of thioether (sulfide) groups is 1. The number of hydrogen-bond donors (Lipinski definition) is 1. The van der Waals surface area contributed by atoms with E-state index in [9.17, 15) is 0 Å². The van der Waals surface area contributed by atoms with Crippen LogP contribution in [0.1, 0.15) is 32.1 Å². The number of rotatable bonds is 4. The highest BCUT2D eigenvalue weighted by Gasteiger charge is 2.18. The third kappa shape index (κ3) is 2.74. The smallest absolute Gasteiger partial charge is 0.162 e. The van der Waals surface area contributed by atoms with Crippen molar-refractivity contribution in [1.82, 2.24) is 19.7 Å². The van der Waals surface area contributed by atoms with Crippen molar-refractivity contribution in [2.24, 2.45) is 0 Å². The van der Waals surface area contributed by atoms with Crippen LogP contribution in [0.25, 0.3) is 11.0 Å². The zero-order valence-corrected chi connectivity index (χ0v) is 11.6. The van der Waals surface area contributed by atoms with E-state index in [-0.39, 0.29) is 6.61 Å². The first-order valence-electron chi connectivity index (χ1n) is 6.82. The van der Waals surface area contributed by atoms with Crippen LogP contribution < -0.4 is 0 Å². The number of aliphatic hydroxyl groups excluding tert-OH is 1. The number of aromatic nitrogens is 4. The molecule has 102 valence electrons. The Morgan fingerprint density at radius 2 is 2.11 bits per heavy atom. The molecule has 19 heavy (non-hydrogen) atoms. The molecule has 0 aliphatic heterocycles. The van der Waals surface area contributed by atoms with E-state index in [0.29, 0.717) is 11.8 Å². The molecule has 2 heterocycles. The molecule has 3 rings (SSSR count). The van der Waals surface area contributed by atoms with Gasteiger partial charge in [0.15, 0.2) is 5.65 Å². The second kappa shape index (κ2) is 5.88. The molecule has 1 N–H and O–H groups in total. The topological polar surface area (TPSA) is 63.8 Å². The average molecular weight is 278 g/mol. The van der Waals surface area contributed by atoms with Crippen molar-refractivity contribution in [1.29, 1.82) is 0 Å². The van der Waals surface area contributed by atoms with Gasteiger partial charge in [-0.25, -0.2) is 14.6 Å². The Kier molecular flexibility index (Phi) is 3.98. The van der Waals surface area contributed by atoms with Crippen LogP contribution >= 0.6 is 11.8 Å². The zero-order chi connectivity index (χ0) is 13.1. The Morgan fingerprint density at radius 1 is 1.26 bits per heavy atom. The van der Waals surface area contributed by atoms with Crippen LogP contribution in [0.5, 0.6) is 0 Å². The first-order chi connectivity index (χ1) is 9.38. The zero-order valence-electron chi connectivity index (χ0n) is 10.8. The summed E-state index contributed by atoms with van der Waals surface area (Å²) in [4.78, 5) is 8.69. The Morgan fingerprint density at radius 3 is 2.89 bits per heavy atom. The fourth-order valence-electron chi connectivity index (χ4n) is 2.56. The molecule has 0 aromatic carbocycles. The molecule has 2 aromatic rings. The maximum atomic E-state index is 9.02. The Labute approximate surface area is 116 Å². The minimum Gasteiger partial charge on any atom is -0.394 e. The highest BCUT2D eigenvalue weighted by Crippen LogP contribution is 2.35. The fourth-order valence-corrected chi connectivity index (χ4v) is 3.83. The van der Waals surface area contributed by atoms with E-state index in [1.807, 2.05) is 18.0 Å². The second-order valence-electron chi connectivity index (χ2n) is 4.89. The van der Waals surface area contributed by atoms with E-state index in [2.05, 4.69) is 15.1 Å². The molecule has 5 nitrogen and oxygen atoms in total.